The fraction of sp³-hybridized carbons (Fsp3) is 0.536. The first kappa shape index (κ1) is 24.7. The molecule has 1 saturated heterocycles. The van der Waals surface area contributed by atoms with Crippen molar-refractivity contribution in [2.45, 2.75) is 38.6 Å². The maximum absolute atomic E-state index is 13.8. The first-order chi connectivity index (χ1) is 17.5. The second-order valence-electron chi connectivity index (χ2n) is 10.3. The molecule has 1 saturated carbocycles. The summed E-state index contributed by atoms with van der Waals surface area (Å²) in [7, 11) is 1.99. The SMILES string of the molecule is Cc1ccc(C2CC(c3cccn3C)=NN2C(=O)CN(CCN2CCOCC2)C(=O)C2CCC2)cc1. The van der Waals surface area contributed by atoms with Crippen molar-refractivity contribution in [1.82, 2.24) is 19.4 Å². The standard InChI is InChI=1S/C28H37N5O3/c1-21-8-10-22(11-9-21)26-19-24(25-7-4-12-30(25)2)29-33(26)27(34)20-32(28(35)23-5-3-6-23)14-13-31-15-17-36-18-16-31/h4,7-12,23,26H,3,5-6,13-20H2,1-2H3. The van der Waals surface area contributed by atoms with Crippen molar-refractivity contribution in [2.75, 3.05) is 45.9 Å². The van der Waals surface area contributed by atoms with Crippen LogP contribution in [0.2, 0.25) is 0 Å². The van der Waals surface area contributed by atoms with Crippen LogP contribution in [-0.4, -0.2) is 82.8 Å². The van der Waals surface area contributed by atoms with Crippen LogP contribution < -0.4 is 0 Å². The van der Waals surface area contributed by atoms with Gasteiger partial charge in [-0.15, -0.1) is 0 Å². The second-order valence-corrected chi connectivity index (χ2v) is 10.3. The van der Waals surface area contributed by atoms with Crippen LogP contribution in [0.15, 0.2) is 47.7 Å². The van der Waals surface area contributed by atoms with E-state index in [-0.39, 0.29) is 30.3 Å². The molecule has 0 spiro atoms. The van der Waals surface area contributed by atoms with E-state index in [2.05, 4.69) is 36.1 Å². The highest BCUT2D eigenvalue weighted by atomic mass is 16.5. The first-order valence-electron chi connectivity index (χ1n) is 13.2. The van der Waals surface area contributed by atoms with E-state index in [0.29, 0.717) is 13.0 Å². The van der Waals surface area contributed by atoms with Crippen LogP contribution in [0, 0.1) is 12.8 Å². The molecule has 2 aliphatic heterocycles. The van der Waals surface area contributed by atoms with Crippen LogP contribution in [0.25, 0.3) is 0 Å². The molecule has 0 radical (unpaired) electrons. The molecule has 1 unspecified atom stereocenters. The molecule has 2 amide bonds. The third-order valence-corrected chi connectivity index (χ3v) is 7.75. The maximum Gasteiger partial charge on any atom is 0.262 e. The zero-order valence-electron chi connectivity index (χ0n) is 21.4. The third-order valence-electron chi connectivity index (χ3n) is 7.75. The van der Waals surface area contributed by atoms with E-state index >= 15 is 0 Å². The van der Waals surface area contributed by atoms with E-state index < -0.39 is 0 Å². The van der Waals surface area contributed by atoms with Gasteiger partial charge < -0.3 is 14.2 Å². The van der Waals surface area contributed by atoms with E-state index in [4.69, 9.17) is 9.84 Å². The topological polar surface area (TPSA) is 70.4 Å². The Morgan fingerprint density at radius 1 is 1.11 bits per heavy atom. The number of morpholine rings is 1. The highest BCUT2D eigenvalue weighted by Gasteiger charge is 2.36. The minimum atomic E-state index is -0.178. The van der Waals surface area contributed by atoms with Gasteiger partial charge in [-0.3, -0.25) is 14.5 Å². The molecule has 8 heteroatoms. The summed E-state index contributed by atoms with van der Waals surface area (Å²) in [5, 5.41) is 6.46. The van der Waals surface area contributed by atoms with E-state index in [0.717, 1.165) is 69.1 Å². The Morgan fingerprint density at radius 3 is 2.50 bits per heavy atom. The Balaban J connectivity index is 1.36. The molecule has 5 rings (SSSR count). The quantitative estimate of drug-likeness (QED) is 0.569. The number of hydrazone groups is 1. The molecule has 0 N–H and O–H groups in total. The zero-order chi connectivity index (χ0) is 25.1. The van der Waals surface area contributed by atoms with Gasteiger partial charge in [0.15, 0.2) is 0 Å². The molecular weight excluding hydrogens is 454 g/mol. The largest absolute Gasteiger partial charge is 0.379 e. The van der Waals surface area contributed by atoms with Crippen molar-refractivity contribution < 1.29 is 14.3 Å². The summed E-state index contributed by atoms with van der Waals surface area (Å²) >= 11 is 0. The number of aryl methyl sites for hydroxylation is 2. The number of hydrogen-bond donors (Lipinski definition) is 0. The molecular formula is C28H37N5O3. The normalized spacial score (nSPS) is 20.8. The van der Waals surface area contributed by atoms with Crippen LogP contribution in [0.5, 0.6) is 0 Å². The van der Waals surface area contributed by atoms with Gasteiger partial charge in [0.05, 0.1) is 30.7 Å². The van der Waals surface area contributed by atoms with Gasteiger partial charge in [-0.1, -0.05) is 36.2 Å². The Morgan fingerprint density at radius 2 is 1.86 bits per heavy atom. The van der Waals surface area contributed by atoms with Crippen molar-refractivity contribution in [3.05, 3.63) is 59.4 Å². The summed E-state index contributed by atoms with van der Waals surface area (Å²) in [6.45, 7) is 6.61. The lowest BCUT2D eigenvalue weighted by atomic mass is 9.84. The van der Waals surface area contributed by atoms with Crippen molar-refractivity contribution in [3.63, 3.8) is 0 Å². The van der Waals surface area contributed by atoms with Crippen molar-refractivity contribution in [1.29, 1.82) is 0 Å². The predicted molar refractivity (Wildman–Crippen MR) is 139 cm³/mol. The van der Waals surface area contributed by atoms with Crippen molar-refractivity contribution in [3.8, 4) is 0 Å². The number of amides is 2. The van der Waals surface area contributed by atoms with Gasteiger partial charge in [0.25, 0.3) is 5.91 Å². The van der Waals surface area contributed by atoms with Gasteiger partial charge in [-0.2, -0.15) is 5.10 Å². The van der Waals surface area contributed by atoms with Crippen molar-refractivity contribution >= 4 is 17.5 Å². The molecule has 36 heavy (non-hydrogen) atoms. The van der Waals surface area contributed by atoms with Crippen LogP contribution in [0.1, 0.15) is 48.5 Å². The Labute approximate surface area is 213 Å². The lowest BCUT2D eigenvalue weighted by Crippen LogP contribution is -2.49. The number of carbonyl (C=O) groups is 2. The fourth-order valence-electron chi connectivity index (χ4n) is 5.21. The molecule has 192 valence electrons. The van der Waals surface area contributed by atoms with Crippen LogP contribution in [0.4, 0.5) is 0 Å². The van der Waals surface area contributed by atoms with Gasteiger partial charge in [0.2, 0.25) is 5.91 Å². The van der Waals surface area contributed by atoms with Crippen molar-refractivity contribution in [2.24, 2.45) is 18.1 Å². The highest BCUT2D eigenvalue weighted by Crippen LogP contribution is 2.34. The summed E-state index contributed by atoms with van der Waals surface area (Å²) in [4.78, 5) is 31.2. The molecule has 3 aliphatic rings. The number of nitrogens with zero attached hydrogens (tertiary/aromatic N) is 5. The Bertz CT molecular complexity index is 1100. The molecule has 3 heterocycles. The number of carbonyl (C=O) groups excluding carboxylic acids is 2. The number of rotatable bonds is 8. The molecule has 1 aromatic heterocycles. The lowest BCUT2D eigenvalue weighted by molar-refractivity contribution is -0.145. The number of aromatic nitrogens is 1. The van der Waals surface area contributed by atoms with Gasteiger partial charge in [0, 0.05) is 51.8 Å². The van der Waals surface area contributed by atoms with E-state index in [1.165, 1.54) is 5.56 Å². The second kappa shape index (κ2) is 11.0. The Hall–Kier alpha value is -2.97. The van der Waals surface area contributed by atoms with Gasteiger partial charge in [-0.25, -0.2) is 5.01 Å². The zero-order valence-corrected chi connectivity index (χ0v) is 21.4. The smallest absolute Gasteiger partial charge is 0.262 e. The molecule has 1 aliphatic carbocycles. The lowest BCUT2D eigenvalue weighted by Gasteiger charge is -2.34. The average molecular weight is 492 g/mol. The predicted octanol–water partition coefficient (Wildman–Crippen LogP) is 2.97. The summed E-state index contributed by atoms with van der Waals surface area (Å²) in [6, 6.07) is 12.2. The van der Waals surface area contributed by atoms with E-state index in [9.17, 15) is 9.59 Å². The molecule has 0 bridgehead atoms. The number of hydrogen-bond acceptors (Lipinski definition) is 5. The van der Waals surface area contributed by atoms with Crippen LogP contribution in [0.3, 0.4) is 0 Å². The number of benzene rings is 1. The molecule has 2 aromatic rings. The van der Waals surface area contributed by atoms with Gasteiger partial charge in [-0.05, 0) is 37.5 Å². The maximum atomic E-state index is 13.8. The summed E-state index contributed by atoms with van der Waals surface area (Å²) in [5.41, 5.74) is 4.15. The minimum Gasteiger partial charge on any atom is -0.379 e. The van der Waals surface area contributed by atoms with E-state index in [1.54, 1.807) is 9.91 Å². The average Bonchev–Trinajstić information content (AvgIpc) is 3.48. The summed E-state index contributed by atoms with van der Waals surface area (Å²) in [6.07, 6.45) is 5.58. The molecule has 8 nitrogen and oxygen atoms in total. The van der Waals surface area contributed by atoms with Crippen LogP contribution >= 0.6 is 0 Å². The molecule has 2 fully saturated rings. The minimum absolute atomic E-state index is 0.0522. The summed E-state index contributed by atoms with van der Waals surface area (Å²) < 4.78 is 7.50. The van der Waals surface area contributed by atoms with Gasteiger partial charge in [0.1, 0.15) is 6.54 Å². The van der Waals surface area contributed by atoms with E-state index in [1.807, 2.05) is 29.9 Å². The van der Waals surface area contributed by atoms with Gasteiger partial charge >= 0.3 is 0 Å². The fourth-order valence-corrected chi connectivity index (χ4v) is 5.21. The monoisotopic (exact) mass is 491 g/mol. The first-order valence-corrected chi connectivity index (χ1v) is 13.2. The molecule has 1 atom stereocenters. The third kappa shape index (κ3) is 5.39. The number of ether oxygens (including phenoxy) is 1. The summed E-state index contributed by atoms with van der Waals surface area (Å²) in [5.74, 6) is 0.0383. The molecule has 1 aromatic carbocycles. The highest BCUT2D eigenvalue weighted by molar-refractivity contribution is 6.02. The van der Waals surface area contributed by atoms with Crippen LogP contribution in [-0.2, 0) is 21.4 Å². The Kier molecular flexibility index (Phi) is 7.53.